The third kappa shape index (κ3) is 1.24. The Hall–Kier alpha value is -1.74. The van der Waals surface area contributed by atoms with Gasteiger partial charge in [-0.25, -0.2) is 0 Å². The van der Waals surface area contributed by atoms with Gasteiger partial charge in [0.15, 0.2) is 5.43 Å². The zero-order chi connectivity index (χ0) is 10.3. The highest BCUT2D eigenvalue weighted by Crippen LogP contribution is 2.22. The van der Waals surface area contributed by atoms with Crippen molar-refractivity contribution in [3.05, 3.63) is 52.9 Å². The Morgan fingerprint density at radius 1 is 1.00 bits per heavy atom. The molecular weight excluding hydrogens is 206 g/mol. The minimum Gasteiger partial charge on any atom is -0.289 e. The molecule has 0 atom stereocenters. The van der Waals surface area contributed by atoms with E-state index in [2.05, 4.69) is 4.98 Å². The van der Waals surface area contributed by atoms with E-state index in [0.717, 1.165) is 20.2 Å². The van der Waals surface area contributed by atoms with E-state index in [1.165, 1.54) is 0 Å². The van der Waals surface area contributed by atoms with Crippen LogP contribution in [0.3, 0.4) is 0 Å². The monoisotopic (exact) mass is 213 g/mol. The number of benzene rings is 1. The summed E-state index contributed by atoms with van der Waals surface area (Å²) >= 11 is 1.60. The van der Waals surface area contributed by atoms with Crippen LogP contribution >= 0.6 is 11.3 Å². The van der Waals surface area contributed by atoms with Crippen LogP contribution in [0.1, 0.15) is 0 Å². The number of nitrogens with zero attached hydrogens (tertiary/aromatic N) is 1. The van der Waals surface area contributed by atoms with Crippen molar-refractivity contribution < 1.29 is 0 Å². The molecule has 0 fully saturated rings. The lowest BCUT2D eigenvalue weighted by atomic mass is 10.2. The number of hydrogen-bond donors (Lipinski definition) is 0. The van der Waals surface area contributed by atoms with Gasteiger partial charge in [0.2, 0.25) is 0 Å². The predicted octanol–water partition coefficient (Wildman–Crippen LogP) is 2.81. The van der Waals surface area contributed by atoms with Crippen molar-refractivity contribution in [3.8, 4) is 0 Å². The molecule has 72 valence electrons. The van der Waals surface area contributed by atoms with E-state index < -0.39 is 0 Å². The highest BCUT2D eigenvalue weighted by atomic mass is 32.1. The van der Waals surface area contributed by atoms with Gasteiger partial charge in [-0.1, -0.05) is 12.1 Å². The fourth-order valence-electron chi connectivity index (χ4n) is 1.66. The molecule has 0 saturated heterocycles. The summed E-state index contributed by atoms with van der Waals surface area (Å²) in [5.41, 5.74) is 0.0988. The van der Waals surface area contributed by atoms with E-state index in [4.69, 9.17) is 0 Å². The first-order chi connectivity index (χ1) is 7.36. The Morgan fingerprint density at radius 2 is 1.80 bits per heavy atom. The van der Waals surface area contributed by atoms with Gasteiger partial charge in [-0.3, -0.25) is 9.78 Å². The highest BCUT2D eigenvalue weighted by Gasteiger charge is 2.03. The Kier molecular flexibility index (Phi) is 1.79. The summed E-state index contributed by atoms with van der Waals surface area (Å²) in [7, 11) is 0. The number of pyridine rings is 1. The summed E-state index contributed by atoms with van der Waals surface area (Å²) in [4.78, 5) is 16.1. The fourth-order valence-corrected chi connectivity index (χ4v) is 2.69. The fraction of sp³-hybridized carbons (Fsp3) is 0. The second-order valence-corrected chi connectivity index (χ2v) is 4.38. The van der Waals surface area contributed by atoms with Crippen molar-refractivity contribution in [2.75, 3.05) is 0 Å². The standard InChI is InChI=1S/C12H7NOS/c14-12-8-3-1-2-4-10(8)15-11-7-13-6-5-9(11)12/h1-7H. The maximum atomic E-state index is 12.1. The molecule has 0 saturated carbocycles. The van der Waals surface area contributed by atoms with Crippen LogP contribution in [-0.2, 0) is 0 Å². The molecule has 3 rings (SSSR count). The molecule has 0 aliphatic heterocycles. The molecular formula is C12H7NOS. The van der Waals surface area contributed by atoms with E-state index in [-0.39, 0.29) is 5.43 Å². The average molecular weight is 213 g/mol. The number of rotatable bonds is 0. The normalized spacial score (nSPS) is 10.9. The molecule has 0 aliphatic rings. The van der Waals surface area contributed by atoms with E-state index >= 15 is 0 Å². The van der Waals surface area contributed by atoms with Gasteiger partial charge in [0, 0.05) is 27.9 Å². The van der Waals surface area contributed by atoms with E-state index in [9.17, 15) is 4.79 Å². The summed E-state index contributed by atoms with van der Waals surface area (Å²) in [5, 5.41) is 1.55. The van der Waals surface area contributed by atoms with Gasteiger partial charge >= 0.3 is 0 Å². The number of aromatic nitrogens is 1. The van der Waals surface area contributed by atoms with Crippen LogP contribution in [0, 0.1) is 0 Å². The lowest BCUT2D eigenvalue weighted by Gasteiger charge is -1.98. The van der Waals surface area contributed by atoms with E-state index in [1.54, 1.807) is 29.8 Å². The predicted molar refractivity (Wildman–Crippen MR) is 63.4 cm³/mol. The van der Waals surface area contributed by atoms with E-state index in [0.29, 0.717) is 0 Å². The van der Waals surface area contributed by atoms with Crippen LogP contribution in [0.15, 0.2) is 47.5 Å². The third-order valence-electron chi connectivity index (χ3n) is 2.38. The lowest BCUT2D eigenvalue weighted by Crippen LogP contribution is -2.00. The second-order valence-electron chi connectivity index (χ2n) is 3.30. The SMILES string of the molecule is O=c1c2ccccc2sc2cnccc12. The summed E-state index contributed by atoms with van der Waals surface area (Å²) in [6, 6.07) is 9.45. The summed E-state index contributed by atoms with van der Waals surface area (Å²) in [6.45, 7) is 0. The Bertz CT molecular complexity index is 645. The first kappa shape index (κ1) is 8.56. The number of fused-ring (bicyclic) bond motifs is 2. The molecule has 0 radical (unpaired) electrons. The first-order valence-electron chi connectivity index (χ1n) is 4.62. The molecule has 0 unspecified atom stereocenters. The van der Waals surface area contributed by atoms with Crippen LogP contribution in [-0.4, -0.2) is 4.98 Å². The van der Waals surface area contributed by atoms with Crippen LogP contribution in [0.2, 0.25) is 0 Å². The third-order valence-corrected chi connectivity index (χ3v) is 3.50. The minimum atomic E-state index is 0.0988. The lowest BCUT2D eigenvalue weighted by molar-refractivity contribution is 1.37. The van der Waals surface area contributed by atoms with Gasteiger partial charge in [0.05, 0.1) is 4.70 Å². The number of hydrogen-bond acceptors (Lipinski definition) is 3. The zero-order valence-corrected chi connectivity index (χ0v) is 8.62. The molecule has 0 spiro atoms. The maximum Gasteiger partial charge on any atom is 0.195 e. The maximum absolute atomic E-state index is 12.1. The van der Waals surface area contributed by atoms with Crippen LogP contribution in [0.25, 0.3) is 20.2 Å². The largest absolute Gasteiger partial charge is 0.289 e. The van der Waals surface area contributed by atoms with Crippen LogP contribution in [0.5, 0.6) is 0 Å². The molecule has 3 aromatic rings. The quantitative estimate of drug-likeness (QED) is 0.537. The zero-order valence-electron chi connectivity index (χ0n) is 7.81. The molecule has 2 nitrogen and oxygen atoms in total. The van der Waals surface area contributed by atoms with Gasteiger partial charge in [-0.2, -0.15) is 0 Å². The van der Waals surface area contributed by atoms with Gasteiger partial charge in [0.1, 0.15) is 0 Å². The van der Waals surface area contributed by atoms with Gasteiger partial charge < -0.3 is 0 Å². The Morgan fingerprint density at radius 3 is 2.73 bits per heavy atom. The molecule has 3 heteroatoms. The van der Waals surface area contributed by atoms with Gasteiger partial charge in [-0.05, 0) is 18.2 Å². The highest BCUT2D eigenvalue weighted by molar-refractivity contribution is 7.24. The van der Waals surface area contributed by atoms with Crippen molar-refractivity contribution >= 4 is 31.5 Å². The smallest absolute Gasteiger partial charge is 0.195 e. The Balaban J connectivity index is 2.66. The van der Waals surface area contributed by atoms with E-state index in [1.807, 2.05) is 24.3 Å². The summed E-state index contributed by atoms with van der Waals surface area (Å²) in [6.07, 6.45) is 3.40. The molecule has 0 aliphatic carbocycles. The molecule has 0 amide bonds. The Labute approximate surface area is 89.8 Å². The summed E-state index contributed by atoms with van der Waals surface area (Å²) in [5.74, 6) is 0. The molecule has 0 bridgehead atoms. The molecule has 2 aromatic heterocycles. The molecule has 1 aromatic carbocycles. The van der Waals surface area contributed by atoms with Crippen molar-refractivity contribution in [2.45, 2.75) is 0 Å². The average Bonchev–Trinajstić information content (AvgIpc) is 2.30. The molecule has 0 N–H and O–H groups in total. The van der Waals surface area contributed by atoms with Crippen LogP contribution in [0.4, 0.5) is 0 Å². The minimum absolute atomic E-state index is 0.0988. The summed E-state index contributed by atoms with van der Waals surface area (Å²) < 4.78 is 1.96. The van der Waals surface area contributed by atoms with Crippen molar-refractivity contribution in [2.24, 2.45) is 0 Å². The second kappa shape index (κ2) is 3.14. The topological polar surface area (TPSA) is 30.0 Å². The van der Waals surface area contributed by atoms with Gasteiger partial charge in [-0.15, -0.1) is 11.3 Å². The van der Waals surface area contributed by atoms with Gasteiger partial charge in [0.25, 0.3) is 0 Å². The first-order valence-corrected chi connectivity index (χ1v) is 5.43. The molecule has 15 heavy (non-hydrogen) atoms. The van der Waals surface area contributed by atoms with Crippen molar-refractivity contribution in [1.82, 2.24) is 4.98 Å². The van der Waals surface area contributed by atoms with Crippen molar-refractivity contribution in [3.63, 3.8) is 0 Å². The molecule has 2 heterocycles. The van der Waals surface area contributed by atoms with Crippen molar-refractivity contribution in [1.29, 1.82) is 0 Å². The van der Waals surface area contributed by atoms with Crippen LogP contribution < -0.4 is 5.43 Å².